The van der Waals surface area contributed by atoms with Gasteiger partial charge in [0.25, 0.3) is 5.91 Å². The predicted molar refractivity (Wildman–Crippen MR) is 58.2 cm³/mol. The molecule has 0 unspecified atom stereocenters. The SMILES string of the molecule is Cc1cncc(C(=O)NC(C)(C)C(=O)O)c1. The van der Waals surface area contributed by atoms with Crippen LogP contribution in [0, 0.1) is 6.92 Å². The number of hydrogen-bond donors (Lipinski definition) is 2. The molecule has 0 saturated heterocycles. The van der Waals surface area contributed by atoms with Crippen LogP contribution in [0.15, 0.2) is 18.5 Å². The van der Waals surface area contributed by atoms with Crippen molar-refractivity contribution in [3.63, 3.8) is 0 Å². The van der Waals surface area contributed by atoms with E-state index in [0.717, 1.165) is 5.56 Å². The maximum absolute atomic E-state index is 11.7. The number of nitrogens with one attached hydrogen (secondary N) is 1. The number of carbonyl (C=O) groups excluding carboxylic acids is 1. The average molecular weight is 222 g/mol. The zero-order valence-corrected chi connectivity index (χ0v) is 9.44. The lowest BCUT2D eigenvalue weighted by atomic mass is 10.1. The van der Waals surface area contributed by atoms with Gasteiger partial charge in [0.05, 0.1) is 5.56 Å². The van der Waals surface area contributed by atoms with E-state index in [2.05, 4.69) is 10.3 Å². The third-order valence-electron chi connectivity index (χ3n) is 2.10. The first kappa shape index (κ1) is 12.2. The minimum atomic E-state index is -1.29. The van der Waals surface area contributed by atoms with Gasteiger partial charge in [0.2, 0.25) is 0 Å². The molecular weight excluding hydrogens is 208 g/mol. The van der Waals surface area contributed by atoms with Crippen molar-refractivity contribution in [2.75, 3.05) is 0 Å². The molecule has 1 rings (SSSR count). The minimum absolute atomic E-state index is 0.356. The Morgan fingerprint density at radius 3 is 2.50 bits per heavy atom. The first-order valence-corrected chi connectivity index (χ1v) is 4.80. The number of carboxylic acids is 1. The van der Waals surface area contributed by atoms with E-state index in [0.29, 0.717) is 5.56 Å². The third-order valence-corrected chi connectivity index (χ3v) is 2.10. The van der Waals surface area contributed by atoms with Gasteiger partial charge < -0.3 is 10.4 Å². The van der Waals surface area contributed by atoms with Gasteiger partial charge in [-0.2, -0.15) is 0 Å². The van der Waals surface area contributed by atoms with E-state index >= 15 is 0 Å². The molecule has 1 aromatic rings. The minimum Gasteiger partial charge on any atom is -0.480 e. The fourth-order valence-corrected chi connectivity index (χ4v) is 1.09. The number of hydrogen-bond acceptors (Lipinski definition) is 3. The van der Waals surface area contributed by atoms with Crippen molar-refractivity contribution in [3.8, 4) is 0 Å². The number of carboxylic acid groups (broad SMARTS) is 1. The fraction of sp³-hybridized carbons (Fsp3) is 0.364. The molecule has 1 aromatic heterocycles. The topological polar surface area (TPSA) is 79.3 Å². The fourth-order valence-electron chi connectivity index (χ4n) is 1.09. The molecule has 16 heavy (non-hydrogen) atoms. The molecule has 86 valence electrons. The molecule has 5 nitrogen and oxygen atoms in total. The quantitative estimate of drug-likeness (QED) is 0.799. The lowest BCUT2D eigenvalue weighted by molar-refractivity contribution is -0.143. The molecule has 0 saturated carbocycles. The second-order valence-electron chi connectivity index (χ2n) is 4.14. The number of aromatic nitrogens is 1. The van der Waals surface area contributed by atoms with Crippen LogP contribution in [-0.2, 0) is 4.79 Å². The van der Waals surface area contributed by atoms with Crippen LogP contribution in [0.5, 0.6) is 0 Å². The van der Waals surface area contributed by atoms with Gasteiger partial charge in [-0.05, 0) is 32.4 Å². The molecule has 0 spiro atoms. The van der Waals surface area contributed by atoms with Crippen LogP contribution in [0.3, 0.4) is 0 Å². The molecule has 5 heteroatoms. The maximum atomic E-state index is 11.7. The zero-order valence-electron chi connectivity index (χ0n) is 9.44. The average Bonchev–Trinajstić information content (AvgIpc) is 2.16. The summed E-state index contributed by atoms with van der Waals surface area (Å²) in [5.74, 6) is -1.52. The standard InChI is InChI=1S/C11H14N2O3/c1-7-4-8(6-12-5-7)9(14)13-11(2,3)10(15)16/h4-6H,1-3H3,(H,13,14)(H,15,16). The largest absolute Gasteiger partial charge is 0.480 e. The summed E-state index contributed by atoms with van der Waals surface area (Å²) in [6.07, 6.45) is 3.03. The molecule has 1 heterocycles. The van der Waals surface area contributed by atoms with Crippen LogP contribution in [0.1, 0.15) is 29.8 Å². The van der Waals surface area contributed by atoms with Crippen molar-refractivity contribution in [2.24, 2.45) is 0 Å². The molecular formula is C11H14N2O3. The summed E-state index contributed by atoms with van der Waals surface area (Å²) >= 11 is 0. The predicted octanol–water partition coefficient (Wildman–Crippen LogP) is 0.983. The Balaban J connectivity index is 2.85. The second kappa shape index (κ2) is 4.30. The van der Waals surface area contributed by atoms with Crippen molar-refractivity contribution in [1.82, 2.24) is 10.3 Å². The van der Waals surface area contributed by atoms with E-state index < -0.39 is 17.4 Å². The maximum Gasteiger partial charge on any atom is 0.328 e. The molecule has 2 N–H and O–H groups in total. The number of carbonyl (C=O) groups is 2. The Bertz CT molecular complexity index is 427. The van der Waals surface area contributed by atoms with Gasteiger partial charge in [-0.15, -0.1) is 0 Å². The molecule has 0 aromatic carbocycles. The van der Waals surface area contributed by atoms with Crippen LogP contribution < -0.4 is 5.32 Å². The molecule has 0 aliphatic rings. The third kappa shape index (κ3) is 2.79. The molecule has 1 amide bonds. The highest BCUT2D eigenvalue weighted by Gasteiger charge is 2.29. The lowest BCUT2D eigenvalue weighted by Gasteiger charge is -2.20. The van der Waals surface area contributed by atoms with Gasteiger partial charge in [-0.1, -0.05) is 0 Å². The highest BCUT2D eigenvalue weighted by molar-refractivity contribution is 5.97. The number of aryl methyl sites for hydroxylation is 1. The number of rotatable bonds is 3. The molecule has 0 atom stereocenters. The van der Waals surface area contributed by atoms with Gasteiger partial charge in [-0.25, -0.2) is 4.79 Å². The summed E-state index contributed by atoms with van der Waals surface area (Å²) in [5.41, 5.74) is -0.0870. The number of amides is 1. The second-order valence-corrected chi connectivity index (χ2v) is 4.14. The van der Waals surface area contributed by atoms with Crippen LogP contribution in [-0.4, -0.2) is 27.5 Å². The van der Waals surface area contributed by atoms with Crippen molar-refractivity contribution >= 4 is 11.9 Å². The highest BCUT2D eigenvalue weighted by Crippen LogP contribution is 2.06. The van der Waals surface area contributed by atoms with Crippen LogP contribution in [0.25, 0.3) is 0 Å². The Kier molecular flexibility index (Phi) is 3.27. The Labute approximate surface area is 93.5 Å². The molecule has 0 bridgehead atoms. The number of nitrogens with zero attached hydrogens (tertiary/aromatic N) is 1. The zero-order chi connectivity index (χ0) is 12.3. The van der Waals surface area contributed by atoms with E-state index in [1.54, 1.807) is 12.3 Å². The summed E-state index contributed by atoms with van der Waals surface area (Å²) in [4.78, 5) is 26.4. The van der Waals surface area contributed by atoms with Gasteiger partial charge in [0, 0.05) is 12.4 Å². The van der Waals surface area contributed by atoms with Crippen molar-refractivity contribution in [3.05, 3.63) is 29.6 Å². The van der Waals surface area contributed by atoms with Gasteiger partial charge in [0.1, 0.15) is 5.54 Å². The van der Waals surface area contributed by atoms with Gasteiger partial charge in [0.15, 0.2) is 0 Å². The van der Waals surface area contributed by atoms with Crippen LogP contribution in [0.2, 0.25) is 0 Å². The number of pyridine rings is 1. The van der Waals surface area contributed by atoms with Crippen LogP contribution in [0.4, 0.5) is 0 Å². The van der Waals surface area contributed by atoms with Gasteiger partial charge in [-0.3, -0.25) is 9.78 Å². The Morgan fingerprint density at radius 1 is 1.38 bits per heavy atom. The van der Waals surface area contributed by atoms with Crippen molar-refractivity contribution in [2.45, 2.75) is 26.3 Å². The van der Waals surface area contributed by atoms with E-state index in [4.69, 9.17) is 5.11 Å². The summed E-state index contributed by atoms with van der Waals surface area (Å²) in [6.45, 7) is 4.67. The van der Waals surface area contributed by atoms with Crippen molar-refractivity contribution < 1.29 is 14.7 Å². The lowest BCUT2D eigenvalue weighted by Crippen LogP contribution is -2.49. The smallest absolute Gasteiger partial charge is 0.328 e. The van der Waals surface area contributed by atoms with Crippen LogP contribution >= 0.6 is 0 Å². The number of aliphatic carboxylic acids is 1. The van der Waals surface area contributed by atoms with Gasteiger partial charge >= 0.3 is 5.97 Å². The summed E-state index contributed by atoms with van der Waals surface area (Å²) in [7, 11) is 0. The summed E-state index contributed by atoms with van der Waals surface area (Å²) < 4.78 is 0. The van der Waals surface area contributed by atoms with Crippen molar-refractivity contribution in [1.29, 1.82) is 0 Å². The van der Waals surface area contributed by atoms with E-state index in [-0.39, 0.29) is 0 Å². The summed E-state index contributed by atoms with van der Waals surface area (Å²) in [5, 5.41) is 11.3. The van der Waals surface area contributed by atoms with E-state index in [9.17, 15) is 9.59 Å². The molecule has 0 aliphatic carbocycles. The normalized spacial score (nSPS) is 10.9. The molecule has 0 aliphatic heterocycles. The molecule has 0 fully saturated rings. The van der Waals surface area contributed by atoms with E-state index in [1.807, 2.05) is 6.92 Å². The molecule has 0 radical (unpaired) electrons. The Morgan fingerprint density at radius 2 is 2.00 bits per heavy atom. The monoisotopic (exact) mass is 222 g/mol. The van der Waals surface area contributed by atoms with E-state index in [1.165, 1.54) is 20.0 Å². The first-order chi connectivity index (χ1) is 7.33. The Hall–Kier alpha value is -1.91. The first-order valence-electron chi connectivity index (χ1n) is 4.80. The summed E-state index contributed by atoms with van der Waals surface area (Å²) in [6, 6.07) is 1.65. The highest BCUT2D eigenvalue weighted by atomic mass is 16.4.